The van der Waals surface area contributed by atoms with Crippen molar-refractivity contribution in [3.8, 4) is 51.5 Å². The Bertz CT molecular complexity index is 2250. The molecule has 0 radical (unpaired) electrons. The summed E-state index contributed by atoms with van der Waals surface area (Å²) >= 11 is 0. The molecular formula is C40H29N5O2. The molecule has 0 atom stereocenters. The first kappa shape index (κ1) is 28.2. The third-order valence-electron chi connectivity index (χ3n) is 8.02. The van der Waals surface area contributed by atoms with E-state index in [9.17, 15) is 0 Å². The molecule has 4 aromatic carbocycles. The van der Waals surface area contributed by atoms with Gasteiger partial charge in [-0.15, -0.1) is 0 Å². The molecule has 0 bridgehead atoms. The smallest absolute Gasteiger partial charge is 0.234 e. The second-order valence-corrected chi connectivity index (χ2v) is 11.4. The molecule has 0 fully saturated rings. The molecule has 0 saturated carbocycles. The van der Waals surface area contributed by atoms with Gasteiger partial charge in [0.15, 0.2) is 0 Å². The highest BCUT2D eigenvalue weighted by atomic mass is 16.5. The van der Waals surface area contributed by atoms with Crippen molar-refractivity contribution in [1.29, 1.82) is 0 Å². The Hall–Kier alpha value is -6.34. The molecule has 7 nitrogen and oxygen atoms in total. The van der Waals surface area contributed by atoms with Gasteiger partial charge in [0.1, 0.15) is 23.0 Å². The van der Waals surface area contributed by atoms with Gasteiger partial charge >= 0.3 is 0 Å². The van der Waals surface area contributed by atoms with E-state index in [4.69, 9.17) is 9.47 Å². The van der Waals surface area contributed by atoms with E-state index in [0.29, 0.717) is 17.4 Å². The number of hydrogen-bond acceptors (Lipinski definition) is 6. The standard InChI is InChI=1S/C40H29N5O2/c1-26-14-18-41-36(20-26)28-6-3-8-30(22-28)46-32-10-12-34-35-13-11-33(25-39(35)45(38(34)24-32)40-43-16-5-17-44-40)47-31-9-4-7-29(23-31)37-21-27(2)15-19-42-37/h3-25H,1-2H3. The quantitative estimate of drug-likeness (QED) is 0.179. The lowest BCUT2D eigenvalue weighted by molar-refractivity contribution is 0.483. The molecule has 8 rings (SSSR count). The van der Waals surface area contributed by atoms with Crippen molar-refractivity contribution < 1.29 is 9.47 Å². The number of nitrogens with zero attached hydrogens (tertiary/aromatic N) is 5. The normalized spacial score (nSPS) is 11.2. The summed E-state index contributed by atoms with van der Waals surface area (Å²) in [6, 6.07) is 38.1. The fourth-order valence-electron chi connectivity index (χ4n) is 5.83. The fourth-order valence-corrected chi connectivity index (χ4v) is 5.83. The molecule has 0 aliphatic heterocycles. The lowest BCUT2D eigenvalue weighted by atomic mass is 10.1. The molecule has 0 N–H and O–H groups in total. The van der Waals surface area contributed by atoms with Crippen LogP contribution in [-0.2, 0) is 0 Å². The van der Waals surface area contributed by atoms with Crippen molar-refractivity contribution >= 4 is 21.8 Å². The van der Waals surface area contributed by atoms with Gasteiger partial charge in [0, 0.05) is 58.8 Å². The monoisotopic (exact) mass is 611 g/mol. The first-order chi connectivity index (χ1) is 23.1. The van der Waals surface area contributed by atoms with Crippen molar-refractivity contribution in [2.24, 2.45) is 0 Å². The Morgan fingerprint density at radius 1 is 0.447 bits per heavy atom. The van der Waals surface area contributed by atoms with Gasteiger partial charge in [0.05, 0.1) is 22.4 Å². The van der Waals surface area contributed by atoms with Gasteiger partial charge in [-0.3, -0.25) is 14.5 Å². The molecule has 4 aromatic heterocycles. The number of hydrogen-bond donors (Lipinski definition) is 0. The summed E-state index contributed by atoms with van der Waals surface area (Å²) in [5.74, 6) is 3.40. The van der Waals surface area contributed by atoms with Crippen LogP contribution < -0.4 is 9.47 Å². The van der Waals surface area contributed by atoms with Crippen molar-refractivity contribution in [2.45, 2.75) is 13.8 Å². The SMILES string of the molecule is Cc1ccnc(-c2cccc(Oc3ccc4c5ccc(Oc6cccc(-c7cc(C)ccn7)c6)cc5n(-c5ncccn5)c4c3)c2)c1. The predicted molar refractivity (Wildman–Crippen MR) is 185 cm³/mol. The zero-order valence-corrected chi connectivity index (χ0v) is 25.8. The minimum Gasteiger partial charge on any atom is -0.457 e. The highest BCUT2D eigenvalue weighted by molar-refractivity contribution is 6.09. The maximum Gasteiger partial charge on any atom is 0.234 e. The van der Waals surface area contributed by atoms with E-state index in [1.54, 1.807) is 12.4 Å². The van der Waals surface area contributed by atoms with Gasteiger partial charge in [0.2, 0.25) is 5.95 Å². The molecule has 0 unspecified atom stereocenters. The second-order valence-electron chi connectivity index (χ2n) is 11.4. The predicted octanol–water partition coefficient (Wildman–Crippen LogP) is 9.90. The maximum absolute atomic E-state index is 6.41. The number of pyridine rings is 2. The summed E-state index contributed by atoms with van der Waals surface area (Å²) in [6.07, 6.45) is 7.15. The topological polar surface area (TPSA) is 75.0 Å². The van der Waals surface area contributed by atoms with Gasteiger partial charge in [-0.2, -0.15) is 0 Å². The summed E-state index contributed by atoms with van der Waals surface area (Å²) in [7, 11) is 0. The minimum absolute atomic E-state index is 0.557. The van der Waals surface area contributed by atoms with E-state index < -0.39 is 0 Å². The van der Waals surface area contributed by atoms with Crippen LogP contribution in [0.15, 0.2) is 140 Å². The molecule has 0 saturated heterocycles. The van der Waals surface area contributed by atoms with Crippen molar-refractivity contribution in [1.82, 2.24) is 24.5 Å². The largest absolute Gasteiger partial charge is 0.457 e. The van der Waals surface area contributed by atoms with Gasteiger partial charge < -0.3 is 9.47 Å². The lowest BCUT2D eigenvalue weighted by Gasteiger charge is -2.10. The molecule has 0 aliphatic rings. The summed E-state index contributed by atoms with van der Waals surface area (Å²) in [4.78, 5) is 18.3. The van der Waals surface area contributed by atoms with E-state index in [1.165, 1.54) is 0 Å². The zero-order chi connectivity index (χ0) is 31.7. The van der Waals surface area contributed by atoms with Crippen LogP contribution >= 0.6 is 0 Å². The number of benzene rings is 4. The summed E-state index contributed by atoms with van der Waals surface area (Å²) in [5.41, 5.74) is 7.95. The number of aromatic nitrogens is 5. The molecular weight excluding hydrogens is 582 g/mol. The molecule has 0 aliphatic carbocycles. The number of rotatable bonds is 7. The summed E-state index contributed by atoms with van der Waals surface area (Å²) < 4.78 is 14.9. The third-order valence-corrected chi connectivity index (χ3v) is 8.02. The van der Waals surface area contributed by atoms with Crippen LogP contribution in [0.25, 0.3) is 50.3 Å². The van der Waals surface area contributed by atoms with Gasteiger partial charge in [-0.05, 0) is 104 Å². The van der Waals surface area contributed by atoms with Crippen LogP contribution in [-0.4, -0.2) is 24.5 Å². The fraction of sp³-hybridized carbons (Fsp3) is 0.0500. The molecule has 0 spiro atoms. The van der Waals surface area contributed by atoms with Gasteiger partial charge in [0.25, 0.3) is 0 Å². The van der Waals surface area contributed by atoms with E-state index in [1.807, 2.05) is 108 Å². The Morgan fingerprint density at radius 2 is 0.936 bits per heavy atom. The van der Waals surface area contributed by atoms with E-state index in [-0.39, 0.29) is 0 Å². The van der Waals surface area contributed by atoms with E-state index in [0.717, 1.165) is 66.9 Å². The van der Waals surface area contributed by atoms with Gasteiger partial charge in [-0.1, -0.05) is 24.3 Å². The Morgan fingerprint density at radius 3 is 1.43 bits per heavy atom. The van der Waals surface area contributed by atoms with Crippen LogP contribution in [0.1, 0.15) is 11.1 Å². The van der Waals surface area contributed by atoms with Crippen molar-refractivity contribution in [2.75, 3.05) is 0 Å². The first-order valence-corrected chi connectivity index (χ1v) is 15.3. The first-order valence-electron chi connectivity index (χ1n) is 15.3. The molecule has 47 heavy (non-hydrogen) atoms. The second kappa shape index (κ2) is 11.9. The molecule has 226 valence electrons. The van der Waals surface area contributed by atoms with E-state index in [2.05, 4.69) is 58.0 Å². The summed E-state index contributed by atoms with van der Waals surface area (Å²) in [5, 5.41) is 2.10. The van der Waals surface area contributed by atoms with E-state index >= 15 is 0 Å². The van der Waals surface area contributed by atoms with Crippen LogP contribution in [0, 0.1) is 13.8 Å². The minimum atomic E-state index is 0.557. The number of ether oxygens (including phenoxy) is 2. The summed E-state index contributed by atoms with van der Waals surface area (Å²) in [6.45, 7) is 4.13. The Labute approximate surface area is 271 Å². The zero-order valence-electron chi connectivity index (χ0n) is 25.8. The average molecular weight is 612 g/mol. The highest BCUT2D eigenvalue weighted by Gasteiger charge is 2.17. The highest BCUT2D eigenvalue weighted by Crippen LogP contribution is 2.37. The van der Waals surface area contributed by atoms with Gasteiger partial charge in [-0.25, -0.2) is 9.97 Å². The lowest BCUT2D eigenvalue weighted by Crippen LogP contribution is -2.00. The Kier molecular flexibility index (Phi) is 7.11. The third kappa shape index (κ3) is 5.66. The average Bonchev–Trinajstić information content (AvgIpc) is 3.41. The van der Waals surface area contributed by atoms with Crippen molar-refractivity contribution in [3.63, 3.8) is 0 Å². The number of aryl methyl sites for hydroxylation is 2. The molecule has 7 heteroatoms. The van der Waals surface area contributed by atoms with Crippen LogP contribution in [0.3, 0.4) is 0 Å². The maximum atomic E-state index is 6.41. The number of fused-ring (bicyclic) bond motifs is 3. The molecule has 0 amide bonds. The van der Waals surface area contributed by atoms with Crippen LogP contribution in [0.5, 0.6) is 23.0 Å². The molecule has 4 heterocycles. The van der Waals surface area contributed by atoms with Crippen LogP contribution in [0.2, 0.25) is 0 Å². The van der Waals surface area contributed by atoms with Crippen molar-refractivity contribution in [3.05, 3.63) is 151 Å². The van der Waals surface area contributed by atoms with Crippen LogP contribution in [0.4, 0.5) is 0 Å². The molecule has 8 aromatic rings. The Balaban J connectivity index is 1.18.